The number of ketones is 1. The average Bonchev–Trinajstić information content (AvgIpc) is 2.77. The predicted octanol–water partition coefficient (Wildman–Crippen LogP) is 3.96. The molecule has 0 aliphatic heterocycles. The zero-order valence-corrected chi connectivity index (χ0v) is 16.4. The monoisotopic (exact) mass is 348 g/mol. The highest BCUT2D eigenvalue weighted by molar-refractivity contribution is 5.86. The van der Waals surface area contributed by atoms with Gasteiger partial charge in [-0.2, -0.15) is 0 Å². The van der Waals surface area contributed by atoms with Gasteiger partial charge in [-0.15, -0.1) is 0 Å². The highest BCUT2D eigenvalue weighted by Crippen LogP contribution is 2.69. The quantitative estimate of drug-likeness (QED) is 0.754. The number of carbonyl (C=O) groups excluding carboxylic acids is 1. The summed E-state index contributed by atoms with van der Waals surface area (Å²) in [5, 5.41) is 21.6. The van der Waals surface area contributed by atoms with Crippen molar-refractivity contribution in [3.63, 3.8) is 0 Å². The molecule has 4 rings (SSSR count). The van der Waals surface area contributed by atoms with Crippen LogP contribution in [-0.4, -0.2) is 27.7 Å². The number of Topliss-reactive ketones (excluding diaryl/α,β-unsaturated/α-hetero) is 1. The topological polar surface area (TPSA) is 57.5 Å². The van der Waals surface area contributed by atoms with Gasteiger partial charge in [-0.1, -0.05) is 20.8 Å². The van der Waals surface area contributed by atoms with Crippen LogP contribution in [0.4, 0.5) is 0 Å². The molecule has 0 spiro atoms. The van der Waals surface area contributed by atoms with Gasteiger partial charge in [-0.25, -0.2) is 0 Å². The molecule has 0 radical (unpaired) electrons. The maximum atomic E-state index is 12.4. The van der Waals surface area contributed by atoms with Crippen LogP contribution < -0.4 is 0 Å². The number of rotatable bonds is 1. The van der Waals surface area contributed by atoms with Crippen LogP contribution in [0.3, 0.4) is 0 Å². The Balaban J connectivity index is 1.67. The van der Waals surface area contributed by atoms with Crippen LogP contribution in [-0.2, 0) is 4.79 Å². The molecule has 142 valence electrons. The van der Waals surface area contributed by atoms with Crippen LogP contribution in [0.5, 0.6) is 0 Å². The summed E-state index contributed by atoms with van der Waals surface area (Å²) in [5.41, 5.74) is -1.04. The largest absolute Gasteiger partial charge is 0.393 e. The Labute approximate surface area is 152 Å². The summed E-state index contributed by atoms with van der Waals surface area (Å²) < 4.78 is 0. The average molecular weight is 349 g/mol. The van der Waals surface area contributed by atoms with E-state index >= 15 is 0 Å². The molecule has 0 aromatic rings. The molecule has 3 nitrogen and oxygen atoms in total. The first-order valence-corrected chi connectivity index (χ1v) is 10.6. The van der Waals surface area contributed by atoms with Gasteiger partial charge in [0.1, 0.15) is 5.60 Å². The normalized spacial score (nSPS) is 58.2. The van der Waals surface area contributed by atoms with Crippen LogP contribution in [0.2, 0.25) is 0 Å². The minimum Gasteiger partial charge on any atom is -0.393 e. The van der Waals surface area contributed by atoms with Gasteiger partial charge in [0.25, 0.3) is 0 Å². The standard InChI is InChI=1S/C22H36O3/c1-13-11-19-17-6-5-15-12-16(24)7-9-20(15,3)18(17)8-10-21(19,4)22(13,25)14(2)23/h13,15-19,24-25H,5-12H2,1-4H3/t13-,15-,16+,17+,18+,19-,20-,21+,22+/m0/s1. The number of aliphatic hydroxyl groups excluding tert-OH is 1. The molecule has 4 aliphatic rings. The van der Waals surface area contributed by atoms with E-state index in [4.69, 9.17) is 0 Å². The third kappa shape index (κ3) is 2.15. The molecule has 0 heterocycles. The molecular formula is C22H36O3. The summed E-state index contributed by atoms with van der Waals surface area (Å²) in [7, 11) is 0. The number of aliphatic hydroxyl groups is 2. The maximum absolute atomic E-state index is 12.4. The Morgan fingerprint density at radius 2 is 1.72 bits per heavy atom. The summed E-state index contributed by atoms with van der Waals surface area (Å²) in [6.45, 7) is 8.37. The van der Waals surface area contributed by atoms with Crippen LogP contribution in [0.15, 0.2) is 0 Å². The van der Waals surface area contributed by atoms with Gasteiger partial charge in [0.15, 0.2) is 5.78 Å². The highest BCUT2D eigenvalue weighted by atomic mass is 16.3. The molecular weight excluding hydrogens is 312 g/mol. The Bertz CT molecular complexity index is 574. The fourth-order valence-corrected chi connectivity index (χ4v) is 8.33. The van der Waals surface area contributed by atoms with E-state index in [2.05, 4.69) is 20.8 Å². The van der Waals surface area contributed by atoms with E-state index in [1.807, 2.05) is 0 Å². The lowest BCUT2D eigenvalue weighted by molar-refractivity contribution is -0.175. The predicted molar refractivity (Wildman–Crippen MR) is 97.9 cm³/mol. The summed E-state index contributed by atoms with van der Waals surface area (Å²) in [5.74, 6) is 2.53. The second-order valence-corrected chi connectivity index (χ2v) is 10.5. The van der Waals surface area contributed by atoms with Gasteiger partial charge < -0.3 is 10.2 Å². The van der Waals surface area contributed by atoms with Gasteiger partial charge in [-0.05, 0) is 93.3 Å². The minimum absolute atomic E-state index is 0.0239. The lowest BCUT2D eigenvalue weighted by Gasteiger charge is -2.61. The number of carbonyl (C=O) groups is 1. The van der Waals surface area contributed by atoms with E-state index in [0.717, 1.165) is 38.5 Å². The van der Waals surface area contributed by atoms with Crippen molar-refractivity contribution in [2.24, 2.45) is 40.4 Å². The van der Waals surface area contributed by atoms with Gasteiger partial charge in [0, 0.05) is 5.41 Å². The molecule has 4 fully saturated rings. The van der Waals surface area contributed by atoms with Crippen molar-refractivity contribution in [2.45, 2.75) is 90.8 Å². The first-order valence-electron chi connectivity index (χ1n) is 10.6. The van der Waals surface area contributed by atoms with E-state index < -0.39 is 5.60 Å². The fourth-order valence-electron chi connectivity index (χ4n) is 8.33. The minimum atomic E-state index is -1.14. The molecule has 2 N–H and O–H groups in total. The lowest BCUT2D eigenvalue weighted by Crippen LogP contribution is -2.59. The van der Waals surface area contributed by atoms with Gasteiger partial charge >= 0.3 is 0 Å². The summed E-state index contributed by atoms with van der Waals surface area (Å²) >= 11 is 0. The van der Waals surface area contributed by atoms with Crippen molar-refractivity contribution in [1.82, 2.24) is 0 Å². The van der Waals surface area contributed by atoms with Gasteiger partial charge in [0.05, 0.1) is 6.10 Å². The number of hydrogen-bond acceptors (Lipinski definition) is 3. The molecule has 4 aliphatic carbocycles. The van der Waals surface area contributed by atoms with E-state index in [1.54, 1.807) is 6.92 Å². The zero-order chi connectivity index (χ0) is 18.2. The summed E-state index contributed by atoms with van der Waals surface area (Å²) in [4.78, 5) is 12.4. The van der Waals surface area contributed by atoms with Crippen LogP contribution in [0.1, 0.15) is 79.1 Å². The molecule has 4 saturated carbocycles. The van der Waals surface area contributed by atoms with Crippen molar-refractivity contribution in [3.05, 3.63) is 0 Å². The summed E-state index contributed by atoms with van der Waals surface area (Å²) in [6.07, 6.45) is 8.53. The van der Waals surface area contributed by atoms with Crippen molar-refractivity contribution in [1.29, 1.82) is 0 Å². The van der Waals surface area contributed by atoms with E-state index in [0.29, 0.717) is 29.1 Å². The molecule has 0 saturated heterocycles. The first kappa shape index (κ1) is 18.0. The molecule has 0 aromatic heterocycles. The second-order valence-electron chi connectivity index (χ2n) is 10.5. The highest BCUT2D eigenvalue weighted by Gasteiger charge is 2.68. The number of hydrogen-bond donors (Lipinski definition) is 2. The van der Waals surface area contributed by atoms with E-state index in [9.17, 15) is 15.0 Å². The summed E-state index contributed by atoms with van der Waals surface area (Å²) in [6, 6.07) is 0. The number of fused-ring (bicyclic) bond motifs is 5. The Morgan fingerprint density at radius 1 is 1.00 bits per heavy atom. The maximum Gasteiger partial charge on any atom is 0.162 e. The molecule has 0 aromatic carbocycles. The van der Waals surface area contributed by atoms with Crippen LogP contribution in [0.25, 0.3) is 0 Å². The molecule has 0 bridgehead atoms. The molecule has 9 atom stereocenters. The van der Waals surface area contributed by atoms with Crippen molar-refractivity contribution < 1.29 is 15.0 Å². The van der Waals surface area contributed by atoms with Crippen molar-refractivity contribution >= 4 is 5.78 Å². The lowest BCUT2D eigenvalue weighted by atomic mass is 9.44. The van der Waals surface area contributed by atoms with Gasteiger partial charge in [0.2, 0.25) is 0 Å². The second kappa shape index (κ2) is 5.55. The first-order chi connectivity index (χ1) is 11.6. The van der Waals surface area contributed by atoms with E-state index in [-0.39, 0.29) is 23.2 Å². The van der Waals surface area contributed by atoms with E-state index in [1.165, 1.54) is 12.8 Å². The molecule has 0 unspecified atom stereocenters. The van der Waals surface area contributed by atoms with Crippen LogP contribution >= 0.6 is 0 Å². The van der Waals surface area contributed by atoms with Crippen molar-refractivity contribution in [2.75, 3.05) is 0 Å². The molecule has 25 heavy (non-hydrogen) atoms. The van der Waals surface area contributed by atoms with Gasteiger partial charge in [-0.3, -0.25) is 4.79 Å². The molecule has 0 amide bonds. The third-order valence-electron chi connectivity index (χ3n) is 9.76. The zero-order valence-electron chi connectivity index (χ0n) is 16.4. The SMILES string of the molecule is CC(=O)[C@]1(O)[C@@H](C)C[C@H]2[C@@H]3CC[C@H]4C[C@H](O)CC[C@]4(C)[C@@H]3CC[C@]21C. The molecule has 3 heteroatoms. The van der Waals surface area contributed by atoms with Crippen molar-refractivity contribution in [3.8, 4) is 0 Å². The Morgan fingerprint density at radius 3 is 2.40 bits per heavy atom. The Hall–Kier alpha value is -0.410. The fraction of sp³-hybridized carbons (Fsp3) is 0.955. The smallest absolute Gasteiger partial charge is 0.162 e. The van der Waals surface area contributed by atoms with Crippen LogP contribution in [0, 0.1) is 40.4 Å². The Kier molecular flexibility index (Phi) is 3.99. The third-order valence-corrected chi connectivity index (χ3v) is 9.76.